The van der Waals surface area contributed by atoms with Crippen molar-refractivity contribution in [1.29, 1.82) is 0 Å². The summed E-state index contributed by atoms with van der Waals surface area (Å²) in [6, 6.07) is 4.95. The minimum atomic E-state index is -0.271. The number of nitrogens with zero attached hydrogens (tertiary/aromatic N) is 4. The van der Waals surface area contributed by atoms with Crippen molar-refractivity contribution in [3.8, 4) is 11.4 Å². The van der Waals surface area contributed by atoms with Crippen molar-refractivity contribution in [2.75, 3.05) is 39.3 Å². The van der Waals surface area contributed by atoms with Crippen molar-refractivity contribution in [2.45, 2.75) is 19.9 Å². The summed E-state index contributed by atoms with van der Waals surface area (Å²) in [4.78, 5) is 8.95. The summed E-state index contributed by atoms with van der Waals surface area (Å²) >= 11 is 0. The summed E-state index contributed by atoms with van der Waals surface area (Å²) in [5.41, 5.74) is 1.21. The van der Waals surface area contributed by atoms with E-state index in [0.29, 0.717) is 29.4 Å². The van der Waals surface area contributed by atoms with Crippen LogP contribution in [0, 0.1) is 12.7 Å². The molecule has 1 aliphatic heterocycles. The Bertz CT molecular complexity index is 683. The molecule has 1 aromatic heterocycles. The monoisotopic (exact) mass is 334 g/mol. The number of aliphatic hydroxyl groups excluding tert-OH is 1. The van der Waals surface area contributed by atoms with Crippen LogP contribution in [0.15, 0.2) is 22.7 Å². The van der Waals surface area contributed by atoms with Crippen LogP contribution in [0.5, 0.6) is 0 Å². The van der Waals surface area contributed by atoms with Crippen LogP contribution in [0.4, 0.5) is 4.39 Å². The molecule has 7 heteroatoms. The van der Waals surface area contributed by atoms with Crippen molar-refractivity contribution in [2.24, 2.45) is 0 Å². The maximum absolute atomic E-state index is 13.7. The van der Waals surface area contributed by atoms with Gasteiger partial charge in [-0.05, 0) is 25.5 Å². The third-order valence-electron chi connectivity index (χ3n) is 4.60. The van der Waals surface area contributed by atoms with Crippen molar-refractivity contribution in [3.05, 3.63) is 35.5 Å². The first kappa shape index (κ1) is 17.0. The Morgan fingerprint density at radius 3 is 2.71 bits per heavy atom. The van der Waals surface area contributed by atoms with E-state index in [1.165, 1.54) is 6.07 Å². The second-order valence-electron chi connectivity index (χ2n) is 6.20. The Labute approximate surface area is 140 Å². The summed E-state index contributed by atoms with van der Waals surface area (Å²) in [5, 5.41) is 13.0. The first-order valence-corrected chi connectivity index (χ1v) is 8.26. The van der Waals surface area contributed by atoms with Crippen LogP contribution in [0.2, 0.25) is 0 Å². The van der Waals surface area contributed by atoms with Crippen LogP contribution in [-0.2, 0) is 0 Å². The van der Waals surface area contributed by atoms with Gasteiger partial charge in [0.05, 0.1) is 12.6 Å². The standard InChI is InChI=1S/C17H23FN4O2/c1-12-3-4-14(11-15(12)18)16-19-17(24-20-16)13(2)22-7-5-21(6-8-22)9-10-23/h3-4,11,13,23H,5-10H2,1-2H3. The predicted octanol–water partition coefficient (Wildman–Crippen LogP) is 1.86. The minimum absolute atomic E-state index is 0.0119. The Kier molecular flexibility index (Phi) is 5.23. The van der Waals surface area contributed by atoms with Crippen molar-refractivity contribution < 1.29 is 14.0 Å². The quantitative estimate of drug-likeness (QED) is 0.900. The van der Waals surface area contributed by atoms with Gasteiger partial charge in [-0.25, -0.2) is 4.39 Å². The van der Waals surface area contributed by atoms with E-state index in [1.54, 1.807) is 19.1 Å². The minimum Gasteiger partial charge on any atom is -0.395 e. The lowest BCUT2D eigenvalue weighted by Crippen LogP contribution is -2.47. The highest BCUT2D eigenvalue weighted by Crippen LogP contribution is 2.24. The molecule has 1 atom stereocenters. The molecule has 0 radical (unpaired) electrons. The van der Waals surface area contributed by atoms with Gasteiger partial charge in [0.1, 0.15) is 5.82 Å². The SMILES string of the molecule is Cc1ccc(-c2noc(C(C)N3CCN(CCO)CC3)n2)cc1F. The number of hydrogen-bond acceptors (Lipinski definition) is 6. The molecule has 1 aromatic carbocycles. The molecule has 24 heavy (non-hydrogen) atoms. The number of piperazine rings is 1. The Balaban J connectivity index is 1.68. The number of rotatable bonds is 5. The molecular weight excluding hydrogens is 311 g/mol. The summed E-state index contributed by atoms with van der Waals surface area (Å²) < 4.78 is 19.1. The molecule has 130 valence electrons. The second-order valence-corrected chi connectivity index (χ2v) is 6.20. The number of β-amino-alcohol motifs (C(OH)–C–C–N with tert-alkyl or cyclic N) is 1. The van der Waals surface area contributed by atoms with Crippen LogP contribution in [0.3, 0.4) is 0 Å². The van der Waals surface area contributed by atoms with E-state index in [-0.39, 0.29) is 18.5 Å². The van der Waals surface area contributed by atoms with E-state index in [2.05, 4.69) is 19.9 Å². The molecule has 1 saturated heterocycles. The fraction of sp³-hybridized carbons (Fsp3) is 0.529. The lowest BCUT2D eigenvalue weighted by atomic mass is 10.1. The zero-order valence-electron chi connectivity index (χ0n) is 14.1. The Morgan fingerprint density at radius 1 is 1.29 bits per heavy atom. The fourth-order valence-corrected chi connectivity index (χ4v) is 2.93. The fourth-order valence-electron chi connectivity index (χ4n) is 2.93. The van der Waals surface area contributed by atoms with E-state index < -0.39 is 0 Å². The van der Waals surface area contributed by atoms with Gasteiger partial charge < -0.3 is 9.63 Å². The molecule has 2 heterocycles. The molecule has 0 amide bonds. The van der Waals surface area contributed by atoms with Gasteiger partial charge >= 0.3 is 0 Å². The van der Waals surface area contributed by atoms with E-state index in [4.69, 9.17) is 9.63 Å². The molecule has 1 N–H and O–H groups in total. The van der Waals surface area contributed by atoms with E-state index >= 15 is 0 Å². The summed E-state index contributed by atoms with van der Waals surface area (Å²) in [6.07, 6.45) is 0. The first-order chi connectivity index (χ1) is 11.6. The highest BCUT2D eigenvalue weighted by atomic mass is 19.1. The molecule has 6 nitrogen and oxygen atoms in total. The number of aliphatic hydroxyl groups is 1. The third-order valence-corrected chi connectivity index (χ3v) is 4.60. The summed E-state index contributed by atoms with van der Waals surface area (Å²) in [7, 11) is 0. The lowest BCUT2D eigenvalue weighted by molar-refractivity contribution is 0.0776. The molecule has 0 aliphatic carbocycles. The second kappa shape index (κ2) is 7.38. The number of benzene rings is 1. The van der Waals surface area contributed by atoms with Gasteiger partial charge in [0, 0.05) is 38.3 Å². The van der Waals surface area contributed by atoms with Crippen LogP contribution in [0.25, 0.3) is 11.4 Å². The van der Waals surface area contributed by atoms with Crippen molar-refractivity contribution in [1.82, 2.24) is 19.9 Å². The van der Waals surface area contributed by atoms with E-state index in [0.717, 1.165) is 26.2 Å². The zero-order valence-corrected chi connectivity index (χ0v) is 14.1. The number of aromatic nitrogens is 2. The molecule has 1 fully saturated rings. The van der Waals surface area contributed by atoms with Gasteiger partial charge in [0.15, 0.2) is 0 Å². The molecule has 0 spiro atoms. The van der Waals surface area contributed by atoms with Crippen LogP contribution < -0.4 is 0 Å². The Morgan fingerprint density at radius 2 is 2.04 bits per heavy atom. The molecule has 2 aromatic rings. The van der Waals surface area contributed by atoms with Crippen molar-refractivity contribution >= 4 is 0 Å². The molecule has 1 aliphatic rings. The van der Waals surface area contributed by atoms with Gasteiger partial charge in [-0.1, -0.05) is 17.3 Å². The van der Waals surface area contributed by atoms with Crippen molar-refractivity contribution in [3.63, 3.8) is 0 Å². The summed E-state index contributed by atoms with van der Waals surface area (Å²) in [6.45, 7) is 8.26. The van der Waals surface area contributed by atoms with Gasteiger partial charge in [0.2, 0.25) is 11.7 Å². The number of aryl methyl sites for hydroxylation is 1. The molecule has 1 unspecified atom stereocenters. The number of hydrogen-bond donors (Lipinski definition) is 1. The predicted molar refractivity (Wildman–Crippen MR) is 87.9 cm³/mol. The van der Waals surface area contributed by atoms with Crippen LogP contribution in [-0.4, -0.2) is 64.4 Å². The zero-order chi connectivity index (χ0) is 17.1. The molecular formula is C17H23FN4O2. The maximum atomic E-state index is 13.7. The normalized spacial score (nSPS) is 18.0. The van der Waals surface area contributed by atoms with Gasteiger partial charge in [-0.15, -0.1) is 0 Å². The third kappa shape index (κ3) is 3.63. The van der Waals surface area contributed by atoms with Crippen LogP contribution in [0.1, 0.15) is 24.4 Å². The molecule has 3 rings (SSSR count). The van der Waals surface area contributed by atoms with E-state index in [9.17, 15) is 4.39 Å². The smallest absolute Gasteiger partial charge is 0.244 e. The number of halogens is 1. The van der Waals surface area contributed by atoms with Gasteiger partial charge in [0.25, 0.3) is 0 Å². The lowest BCUT2D eigenvalue weighted by Gasteiger charge is -2.36. The Hall–Kier alpha value is -1.83. The highest BCUT2D eigenvalue weighted by Gasteiger charge is 2.25. The largest absolute Gasteiger partial charge is 0.395 e. The first-order valence-electron chi connectivity index (χ1n) is 8.26. The summed E-state index contributed by atoms with van der Waals surface area (Å²) in [5.74, 6) is 0.683. The average Bonchev–Trinajstić information content (AvgIpc) is 3.08. The maximum Gasteiger partial charge on any atom is 0.244 e. The molecule has 0 saturated carbocycles. The van der Waals surface area contributed by atoms with Crippen LogP contribution >= 0.6 is 0 Å². The van der Waals surface area contributed by atoms with E-state index in [1.807, 2.05) is 6.92 Å². The van der Waals surface area contributed by atoms with Gasteiger partial charge in [-0.2, -0.15) is 4.98 Å². The average molecular weight is 334 g/mol. The molecule has 0 bridgehead atoms. The van der Waals surface area contributed by atoms with Gasteiger partial charge in [-0.3, -0.25) is 9.80 Å². The topological polar surface area (TPSA) is 65.6 Å². The highest BCUT2D eigenvalue weighted by molar-refractivity contribution is 5.54.